The first-order valence-electron chi connectivity index (χ1n) is 13.7. The van der Waals surface area contributed by atoms with Gasteiger partial charge in [0.15, 0.2) is 0 Å². The van der Waals surface area contributed by atoms with Crippen LogP contribution in [-0.2, 0) is 43.5 Å². The molecule has 6 nitrogen and oxygen atoms in total. The van der Waals surface area contributed by atoms with E-state index in [1.807, 2.05) is 91.0 Å². The van der Waals surface area contributed by atoms with E-state index in [4.69, 9.17) is 23.7 Å². The van der Waals surface area contributed by atoms with Gasteiger partial charge in [-0.2, -0.15) is 0 Å². The predicted molar refractivity (Wildman–Crippen MR) is 149 cm³/mol. The summed E-state index contributed by atoms with van der Waals surface area (Å²) in [5, 5.41) is 10.8. The normalized spacial score (nSPS) is 28.5. The van der Waals surface area contributed by atoms with E-state index in [9.17, 15) is 5.11 Å². The van der Waals surface area contributed by atoms with E-state index in [-0.39, 0.29) is 12.2 Å². The van der Waals surface area contributed by atoms with Crippen molar-refractivity contribution >= 4 is 0 Å². The summed E-state index contributed by atoms with van der Waals surface area (Å²) in [6, 6.07) is 30.2. The predicted octanol–water partition coefficient (Wildman–Crippen LogP) is 5.24. The molecule has 2 aliphatic rings. The average molecular weight is 531 g/mol. The lowest BCUT2D eigenvalue weighted by Gasteiger charge is -2.50. The first-order chi connectivity index (χ1) is 19.2. The van der Waals surface area contributed by atoms with Crippen molar-refractivity contribution in [1.82, 2.24) is 0 Å². The second-order valence-electron chi connectivity index (χ2n) is 10.2. The molecular formula is C33H38O6. The third kappa shape index (κ3) is 7.42. The topological polar surface area (TPSA) is 66.4 Å². The molecule has 5 rings (SSSR count). The molecule has 0 saturated carbocycles. The van der Waals surface area contributed by atoms with Crippen molar-refractivity contribution in [2.24, 2.45) is 0 Å². The molecule has 7 atom stereocenters. The van der Waals surface area contributed by atoms with E-state index in [0.717, 1.165) is 16.7 Å². The van der Waals surface area contributed by atoms with Crippen LogP contribution < -0.4 is 0 Å². The van der Waals surface area contributed by atoms with Crippen molar-refractivity contribution in [1.29, 1.82) is 0 Å². The summed E-state index contributed by atoms with van der Waals surface area (Å²) in [6.07, 6.45) is -0.223. The molecule has 0 amide bonds. The van der Waals surface area contributed by atoms with E-state index in [2.05, 4.69) is 6.58 Å². The molecule has 2 heterocycles. The Hall–Kier alpha value is -2.84. The molecule has 6 heteroatoms. The minimum Gasteiger partial charge on any atom is -0.390 e. The maximum Gasteiger partial charge on any atom is 0.115 e. The average Bonchev–Trinajstić information content (AvgIpc) is 2.97. The zero-order valence-corrected chi connectivity index (χ0v) is 22.2. The van der Waals surface area contributed by atoms with Crippen LogP contribution in [0.5, 0.6) is 0 Å². The summed E-state index contributed by atoms with van der Waals surface area (Å²) in [5.74, 6) is 0. The maximum absolute atomic E-state index is 10.8. The van der Waals surface area contributed by atoms with Gasteiger partial charge in [-0.25, -0.2) is 0 Å². The van der Waals surface area contributed by atoms with Gasteiger partial charge in [-0.05, 0) is 23.1 Å². The molecule has 39 heavy (non-hydrogen) atoms. The highest BCUT2D eigenvalue weighted by Crippen LogP contribution is 2.37. The van der Waals surface area contributed by atoms with Crippen molar-refractivity contribution in [2.45, 2.75) is 75.4 Å². The SMILES string of the molecule is C=CC[C@H]1O[C@@H]2[C@@H](OCc3ccccc3)[C@H](OCc3ccccc3)[C@@H](COCc3ccccc3)O[C@H]2C[C@@H]1O. The number of fused-ring (bicyclic) bond motifs is 1. The molecule has 0 aromatic heterocycles. The van der Waals surface area contributed by atoms with E-state index in [0.29, 0.717) is 39.3 Å². The largest absolute Gasteiger partial charge is 0.390 e. The molecule has 3 aromatic rings. The lowest BCUT2D eigenvalue weighted by Crippen LogP contribution is -2.65. The molecule has 206 valence electrons. The molecule has 2 fully saturated rings. The fourth-order valence-corrected chi connectivity index (χ4v) is 5.33. The van der Waals surface area contributed by atoms with Gasteiger partial charge in [0.1, 0.15) is 24.4 Å². The second kappa shape index (κ2) is 14.0. The van der Waals surface area contributed by atoms with Crippen LogP contribution in [0.1, 0.15) is 29.5 Å². The van der Waals surface area contributed by atoms with Gasteiger partial charge in [0.25, 0.3) is 0 Å². The summed E-state index contributed by atoms with van der Waals surface area (Å²) in [7, 11) is 0. The summed E-state index contributed by atoms with van der Waals surface area (Å²) in [4.78, 5) is 0. The van der Waals surface area contributed by atoms with Gasteiger partial charge >= 0.3 is 0 Å². The first kappa shape index (κ1) is 27.7. The Morgan fingerprint density at radius 2 is 1.26 bits per heavy atom. The van der Waals surface area contributed by atoms with Gasteiger partial charge in [-0.3, -0.25) is 0 Å². The van der Waals surface area contributed by atoms with E-state index in [1.54, 1.807) is 6.08 Å². The molecule has 2 aliphatic heterocycles. The lowest BCUT2D eigenvalue weighted by atomic mass is 9.87. The van der Waals surface area contributed by atoms with Crippen LogP contribution in [-0.4, -0.2) is 54.4 Å². The number of hydrogen-bond acceptors (Lipinski definition) is 6. The molecule has 0 spiro atoms. The first-order valence-corrected chi connectivity index (χ1v) is 13.7. The summed E-state index contributed by atoms with van der Waals surface area (Å²) in [6.45, 7) is 5.46. The number of aliphatic hydroxyl groups excluding tert-OH is 1. The number of hydrogen-bond donors (Lipinski definition) is 1. The molecule has 0 radical (unpaired) electrons. The van der Waals surface area contributed by atoms with Crippen LogP contribution in [0.3, 0.4) is 0 Å². The van der Waals surface area contributed by atoms with Crippen molar-refractivity contribution in [2.75, 3.05) is 6.61 Å². The molecule has 0 unspecified atom stereocenters. The van der Waals surface area contributed by atoms with Crippen LogP contribution in [0, 0.1) is 0 Å². The van der Waals surface area contributed by atoms with Gasteiger partial charge in [0, 0.05) is 6.42 Å². The number of aliphatic hydroxyl groups is 1. The summed E-state index contributed by atoms with van der Waals surface area (Å²) >= 11 is 0. The Balaban J connectivity index is 1.38. The van der Waals surface area contributed by atoms with E-state index >= 15 is 0 Å². The zero-order valence-electron chi connectivity index (χ0n) is 22.2. The molecule has 3 aromatic carbocycles. The van der Waals surface area contributed by atoms with Crippen molar-refractivity contribution < 1.29 is 28.8 Å². The Labute approximate surface area is 231 Å². The molecular weight excluding hydrogens is 492 g/mol. The monoisotopic (exact) mass is 530 g/mol. The van der Waals surface area contributed by atoms with Crippen LogP contribution >= 0.6 is 0 Å². The lowest BCUT2D eigenvalue weighted by molar-refractivity contribution is -0.303. The van der Waals surface area contributed by atoms with Crippen molar-refractivity contribution in [3.05, 3.63) is 120 Å². The highest BCUT2D eigenvalue weighted by atomic mass is 16.6. The zero-order chi connectivity index (χ0) is 26.9. The summed E-state index contributed by atoms with van der Waals surface area (Å²) in [5.41, 5.74) is 3.22. The number of benzene rings is 3. The molecule has 1 N–H and O–H groups in total. The smallest absolute Gasteiger partial charge is 0.115 e. The quantitative estimate of drug-likeness (QED) is 0.323. The standard InChI is InChI=1S/C33H38O6/c1-2-12-28-27(34)19-29-32(39-28)33(37-22-26-17-10-5-11-18-26)31(36-21-25-15-8-4-9-16-25)30(38-29)23-35-20-24-13-6-3-7-14-24/h2-11,13-18,27-34H,1,12,19-23H2/t27-,28+,29-,30+,31+,32-,33-/m0/s1. The number of rotatable bonds is 12. The third-order valence-corrected chi connectivity index (χ3v) is 7.33. The maximum atomic E-state index is 10.8. The van der Waals surface area contributed by atoms with Gasteiger partial charge in [-0.15, -0.1) is 6.58 Å². The minimum atomic E-state index is -0.647. The fraction of sp³-hybridized carbons (Fsp3) is 0.394. The van der Waals surface area contributed by atoms with E-state index < -0.39 is 30.5 Å². The van der Waals surface area contributed by atoms with Gasteiger partial charge in [0.2, 0.25) is 0 Å². The van der Waals surface area contributed by atoms with Crippen LogP contribution in [0.15, 0.2) is 104 Å². The Morgan fingerprint density at radius 3 is 1.82 bits per heavy atom. The Kier molecular flexibility index (Phi) is 9.94. The van der Waals surface area contributed by atoms with Crippen molar-refractivity contribution in [3.8, 4) is 0 Å². The summed E-state index contributed by atoms with van der Waals surface area (Å²) < 4.78 is 32.3. The molecule has 0 aliphatic carbocycles. The Morgan fingerprint density at radius 1 is 0.718 bits per heavy atom. The van der Waals surface area contributed by atoms with Crippen LogP contribution in [0.4, 0.5) is 0 Å². The van der Waals surface area contributed by atoms with Crippen LogP contribution in [0.25, 0.3) is 0 Å². The van der Waals surface area contributed by atoms with Crippen molar-refractivity contribution in [3.63, 3.8) is 0 Å². The Bertz CT molecular complexity index is 1120. The van der Waals surface area contributed by atoms with Gasteiger partial charge < -0.3 is 28.8 Å². The fourth-order valence-electron chi connectivity index (χ4n) is 5.33. The minimum absolute atomic E-state index is 0.328. The van der Waals surface area contributed by atoms with Crippen LogP contribution in [0.2, 0.25) is 0 Å². The van der Waals surface area contributed by atoms with Gasteiger partial charge in [-0.1, -0.05) is 97.1 Å². The van der Waals surface area contributed by atoms with Gasteiger partial charge in [0.05, 0.1) is 44.7 Å². The number of ether oxygens (including phenoxy) is 5. The molecule has 2 saturated heterocycles. The highest BCUT2D eigenvalue weighted by molar-refractivity contribution is 5.15. The second-order valence-corrected chi connectivity index (χ2v) is 10.2. The third-order valence-electron chi connectivity index (χ3n) is 7.33. The highest BCUT2D eigenvalue weighted by Gasteiger charge is 2.52. The van der Waals surface area contributed by atoms with E-state index in [1.165, 1.54) is 0 Å². The molecule has 0 bridgehead atoms.